The topological polar surface area (TPSA) is 9.72 Å². The fourth-order valence-corrected chi connectivity index (χ4v) is 4.36. The Morgan fingerprint density at radius 2 is 1.45 bits per heavy atom. The van der Waals surface area contributed by atoms with Crippen LogP contribution in [0.1, 0.15) is 48.0 Å². The Balaban J connectivity index is 1.47. The van der Waals surface area contributed by atoms with Crippen molar-refractivity contribution < 1.29 is 0 Å². The first-order chi connectivity index (χ1) is 9.14. The van der Waals surface area contributed by atoms with Crippen molar-refractivity contribution in [1.82, 2.24) is 14.7 Å². The molecule has 0 aromatic rings. The van der Waals surface area contributed by atoms with E-state index in [4.69, 9.17) is 0 Å². The summed E-state index contributed by atoms with van der Waals surface area (Å²) in [5.41, 5.74) is 0.717. The minimum absolute atomic E-state index is 0.352. The van der Waals surface area contributed by atoms with Gasteiger partial charge >= 0.3 is 0 Å². The lowest BCUT2D eigenvalue weighted by Crippen LogP contribution is -2.60. The van der Waals surface area contributed by atoms with Crippen LogP contribution in [0, 0.1) is 5.92 Å². The molecule has 0 unspecified atom stereocenters. The molecule has 3 aliphatic rings. The first kappa shape index (κ1) is 14.8. The zero-order valence-electron chi connectivity index (χ0n) is 14.3. The summed E-state index contributed by atoms with van der Waals surface area (Å²) < 4.78 is 0. The van der Waals surface area contributed by atoms with Crippen molar-refractivity contribution in [3.05, 3.63) is 0 Å². The van der Waals surface area contributed by atoms with E-state index in [1.807, 2.05) is 0 Å². The molecule has 20 heavy (non-hydrogen) atoms. The third-order valence-electron chi connectivity index (χ3n) is 5.61. The van der Waals surface area contributed by atoms with E-state index in [1.54, 1.807) is 0 Å². The summed E-state index contributed by atoms with van der Waals surface area (Å²) >= 11 is 0. The normalized spacial score (nSPS) is 33.9. The second-order valence-electron chi connectivity index (χ2n) is 9.26. The zero-order valence-corrected chi connectivity index (χ0v) is 14.3. The number of rotatable bonds is 2. The lowest BCUT2D eigenvalue weighted by atomic mass is 9.92. The van der Waals surface area contributed by atoms with Gasteiger partial charge in [0.25, 0.3) is 0 Å². The van der Waals surface area contributed by atoms with Crippen molar-refractivity contribution in [1.29, 1.82) is 0 Å². The Kier molecular flexibility index (Phi) is 3.47. The van der Waals surface area contributed by atoms with Crippen molar-refractivity contribution in [3.63, 3.8) is 0 Å². The quantitative estimate of drug-likeness (QED) is 0.768. The molecule has 2 atom stereocenters. The Bertz CT molecular complexity index is 359. The maximum absolute atomic E-state index is 2.79. The van der Waals surface area contributed by atoms with Crippen LogP contribution in [0.4, 0.5) is 0 Å². The molecule has 3 rings (SSSR count). The van der Waals surface area contributed by atoms with Crippen LogP contribution < -0.4 is 0 Å². The van der Waals surface area contributed by atoms with Crippen LogP contribution in [0.15, 0.2) is 0 Å². The molecule has 0 aromatic carbocycles. The van der Waals surface area contributed by atoms with Gasteiger partial charge in [-0.25, -0.2) is 0 Å². The van der Waals surface area contributed by atoms with E-state index in [9.17, 15) is 0 Å². The number of likely N-dealkylation sites (tertiary alicyclic amines) is 3. The first-order valence-corrected chi connectivity index (χ1v) is 8.40. The van der Waals surface area contributed by atoms with E-state index in [2.05, 4.69) is 56.2 Å². The molecule has 0 radical (unpaired) electrons. The minimum Gasteiger partial charge on any atom is -0.298 e. The highest BCUT2D eigenvalue weighted by Crippen LogP contribution is 2.37. The van der Waals surface area contributed by atoms with Crippen LogP contribution in [-0.4, -0.2) is 70.6 Å². The van der Waals surface area contributed by atoms with Gasteiger partial charge in [0.05, 0.1) is 0 Å². The molecule has 3 aliphatic heterocycles. The molecular weight excluding hydrogens is 246 g/mol. The monoisotopic (exact) mass is 279 g/mol. The third kappa shape index (κ3) is 2.65. The Labute approximate surface area is 125 Å². The maximum Gasteiger partial charge on any atom is 0.0244 e. The van der Waals surface area contributed by atoms with Gasteiger partial charge < -0.3 is 0 Å². The van der Waals surface area contributed by atoms with Gasteiger partial charge in [0.15, 0.2) is 0 Å². The van der Waals surface area contributed by atoms with Crippen LogP contribution in [0.25, 0.3) is 0 Å². The molecule has 0 amide bonds. The largest absolute Gasteiger partial charge is 0.298 e. The molecule has 3 nitrogen and oxygen atoms in total. The standard InChI is InChI=1S/C17H33N3/c1-16(2,3)19-9-13(10-19)8-18-11-15-7-14(18)12-20(15)17(4,5)6/h13-15H,7-12H2,1-6H3/t14-,15-/m1/s1. The predicted octanol–water partition coefficient (Wildman–Crippen LogP) is 2.27. The van der Waals surface area contributed by atoms with Crippen LogP contribution >= 0.6 is 0 Å². The average Bonchev–Trinajstić information content (AvgIpc) is 2.78. The molecule has 0 spiro atoms. The Morgan fingerprint density at radius 3 is 1.90 bits per heavy atom. The molecule has 3 fully saturated rings. The molecule has 3 heteroatoms. The fraction of sp³-hybridized carbons (Fsp3) is 1.00. The first-order valence-electron chi connectivity index (χ1n) is 8.40. The van der Waals surface area contributed by atoms with Gasteiger partial charge in [0.1, 0.15) is 0 Å². The molecule has 0 saturated carbocycles. The molecule has 0 N–H and O–H groups in total. The van der Waals surface area contributed by atoms with Gasteiger partial charge in [0.2, 0.25) is 0 Å². The van der Waals surface area contributed by atoms with E-state index in [0.29, 0.717) is 11.1 Å². The van der Waals surface area contributed by atoms with Crippen molar-refractivity contribution in [3.8, 4) is 0 Å². The second kappa shape index (κ2) is 4.69. The van der Waals surface area contributed by atoms with Gasteiger partial charge in [0, 0.05) is 55.9 Å². The molecular formula is C17H33N3. The average molecular weight is 279 g/mol. The third-order valence-corrected chi connectivity index (χ3v) is 5.61. The van der Waals surface area contributed by atoms with Crippen LogP contribution in [0.2, 0.25) is 0 Å². The van der Waals surface area contributed by atoms with E-state index in [0.717, 1.165) is 18.0 Å². The van der Waals surface area contributed by atoms with Gasteiger partial charge in [-0.1, -0.05) is 0 Å². The number of hydrogen-bond donors (Lipinski definition) is 0. The zero-order chi connectivity index (χ0) is 14.7. The SMILES string of the molecule is CC(C)(C)N1CC(CN2C[C@H]3C[C@@H]2CN3C(C)(C)C)C1. The van der Waals surface area contributed by atoms with Crippen molar-refractivity contribution >= 4 is 0 Å². The lowest BCUT2D eigenvalue weighted by molar-refractivity contribution is -0.0162. The van der Waals surface area contributed by atoms with Crippen molar-refractivity contribution in [2.45, 2.75) is 71.1 Å². The molecule has 0 aromatic heterocycles. The van der Waals surface area contributed by atoms with E-state index in [-0.39, 0.29) is 0 Å². The molecule has 3 saturated heterocycles. The summed E-state index contributed by atoms with van der Waals surface area (Å²) in [6.07, 6.45) is 1.41. The smallest absolute Gasteiger partial charge is 0.0244 e. The summed E-state index contributed by atoms with van der Waals surface area (Å²) in [4.78, 5) is 8.14. The number of fused-ring (bicyclic) bond motifs is 2. The van der Waals surface area contributed by atoms with Gasteiger partial charge in [-0.05, 0) is 53.9 Å². The number of piperazine rings is 1. The van der Waals surface area contributed by atoms with Crippen LogP contribution in [0.3, 0.4) is 0 Å². The Hall–Kier alpha value is -0.120. The summed E-state index contributed by atoms with van der Waals surface area (Å²) in [5.74, 6) is 0.914. The predicted molar refractivity (Wildman–Crippen MR) is 85.0 cm³/mol. The fourth-order valence-electron chi connectivity index (χ4n) is 4.36. The summed E-state index contributed by atoms with van der Waals surface area (Å²) in [6, 6.07) is 1.65. The molecule has 0 aliphatic carbocycles. The highest BCUT2D eigenvalue weighted by Gasteiger charge is 2.47. The molecule has 2 bridgehead atoms. The van der Waals surface area contributed by atoms with Crippen LogP contribution in [0.5, 0.6) is 0 Å². The molecule has 3 heterocycles. The minimum atomic E-state index is 0.352. The highest BCUT2D eigenvalue weighted by molar-refractivity contribution is 5.04. The molecule has 116 valence electrons. The van der Waals surface area contributed by atoms with Gasteiger partial charge in [-0.2, -0.15) is 0 Å². The van der Waals surface area contributed by atoms with Gasteiger partial charge in [-0.15, -0.1) is 0 Å². The van der Waals surface area contributed by atoms with E-state index >= 15 is 0 Å². The van der Waals surface area contributed by atoms with Crippen molar-refractivity contribution in [2.75, 3.05) is 32.7 Å². The van der Waals surface area contributed by atoms with Crippen molar-refractivity contribution in [2.24, 2.45) is 5.92 Å². The van der Waals surface area contributed by atoms with Gasteiger partial charge in [-0.3, -0.25) is 14.7 Å². The summed E-state index contributed by atoms with van der Waals surface area (Å²) in [6.45, 7) is 20.7. The summed E-state index contributed by atoms with van der Waals surface area (Å²) in [7, 11) is 0. The van der Waals surface area contributed by atoms with E-state index in [1.165, 1.54) is 39.1 Å². The highest BCUT2D eigenvalue weighted by atomic mass is 15.4. The van der Waals surface area contributed by atoms with E-state index < -0.39 is 0 Å². The second-order valence-corrected chi connectivity index (χ2v) is 9.26. The van der Waals surface area contributed by atoms with Crippen LogP contribution in [-0.2, 0) is 0 Å². The summed E-state index contributed by atoms with van der Waals surface area (Å²) in [5, 5.41) is 0. The lowest BCUT2D eigenvalue weighted by Gasteiger charge is -2.50. The maximum atomic E-state index is 2.79. The Morgan fingerprint density at radius 1 is 0.800 bits per heavy atom. The number of hydrogen-bond acceptors (Lipinski definition) is 3. The number of nitrogens with zero attached hydrogens (tertiary/aromatic N) is 3.